The lowest BCUT2D eigenvalue weighted by molar-refractivity contribution is -0.118. The summed E-state index contributed by atoms with van der Waals surface area (Å²) in [4.78, 5) is 21.4. The fraction of sp³-hybridized carbons (Fsp3) is 0.273. The maximum Gasteiger partial charge on any atom is 0.337 e. The van der Waals surface area contributed by atoms with Crippen molar-refractivity contribution in [3.05, 3.63) is 23.8 Å². The topological polar surface area (TPSA) is 153 Å². The first-order valence-electron chi connectivity index (χ1n) is 5.57. The summed E-state index contributed by atoms with van der Waals surface area (Å²) in [5, 5.41) is 9.01. The van der Waals surface area contributed by atoms with Gasteiger partial charge in [0.15, 0.2) is 0 Å². The molecule has 0 aliphatic heterocycles. The summed E-state index contributed by atoms with van der Waals surface area (Å²) >= 11 is 0. The molecular formula is C11H15N3O5S. The van der Waals surface area contributed by atoms with Crippen LogP contribution in [-0.4, -0.2) is 31.4 Å². The molecule has 0 fully saturated rings. The quantitative estimate of drug-likeness (QED) is 0.520. The summed E-state index contributed by atoms with van der Waals surface area (Å²) in [6.07, 6.45) is -0.198. The number of carbonyl (C=O) groups excluding carboxylic acids is 1. The van der Waals surface area contributed by atoms with Gasteiger partial charge in [0.2, 0.25) is 15.9 Å². The first kappa shape index (κ1) is 15.9. The maximum atomic E-state index is 12.1. The van der Waals surface area contributed by atoms with E-state index in [2.05, 4.69) is 4.72 Å². The average Bonchev–Trinajstić information content (AvgIpc) is 2.26. The number of nitrogens with two attached hydrogens (primary N) is 2. The summed E-state index contributed by atoms with van der Waals surface area (Å²) in [5.74, 6) is -2.09. The van der Waals surface area contributed by atoms with Crippen LogP contribution >= 0.6 is 0 Å². The molecule has 20 heavy (non-hydrogen) atoms. The normalized spacial score (nSPS) is 12.8. The van der Waals surface area contributed by atoms with E-state index in [1.54, 1.807) is 0 Å². The Morgan fingerprint density at radius 1 is 1.40 bits per heavy atom. The van der Waals surface area contributed by atoms with Crippen LogP contribution in [0.15, 0.2) is 23.1 Å². The number of hydrogen-bond donors (Lipinski definition) is 4. The van der Waals surface area contributed by atoms with E-state index in [9.17, 15) is 18.0 Å². The summed E-state index contributed by atoms with van der Waals surface area (Å²) in [6.45, 7) is 1.44. The van der Waals surface area contributed by atoms with Gasteiger partial charge in [0.05, 0.1) is 10.5 Å². The van der Waals surface area contributed by atoms with Crippen molar-refractivity contribution in [1.29, 1.82) is 0 Å². The Balaban J connectivity index is 3.16. The van der Waals surface area contributed by atoms with Crippen LogP contribution < -0.4 is 16.2 Å². The van der Waals surface area contributed by atoms with Crippen LogP contribution in [0, 0.1) is 0 Å². The molecule has 0 radical (unpaired) electrons. The number of anilines is 1. The smallest absolute Gasteiger partial charge is 0.337 e. The number of rotatable bonds is 6. The number of hydrogen-bond acceptors (Lipinski definition) is 5. The zero-order valence-corrected chi connectivity index (χ0v) is 11.5. The van der Waals surface area contributed by atoms with E-state index in [-0.39, 0.29) is 12.1 Å². The number of carboxylic acids is 1. The summed E-state index contributed by atoms with van der Waals surface area (Å²) in [5.41, 5.74) is 10.1. The molecule has 9 heteroatoms. The maximum absolute atomic E-state index is 12.1. The Hall–Kier alpha value is -2.13. The minimum atomic E-state index is -4.09. The molecule has 6 N–H and O–H groups in total. The van der Waals surface area contributed by atoms with Crippen molar-refractivity contribution in [2.45, 2.75) is 24.3 Å². The van der Waals surface area contributed by atoms with Crippen LogP contribution in [-0.2, 0) is 14.8 Å². The molecule has 0 saturated heterocycles. The number of carbonyl (C=O) groups is 2. The van der Waals surface area contributed by atoms with Gasteiger partial charge in [-0.3, -0.25) is 4.79 Å². The number of nitrogen functional groups attached to an aromatic ring is 1. The highest BCUT2D eigenvalue weighted by molar-refractivity contribution is 7.89. The highest BCUT2D eigenvalue weighted by Gasteiger charge is 2.24. The lowest BCUT2D eigenvalue weighted by Crippen LogP contribution is -2.36. The van der Waals surface area contributed by atoms with Gasteiger partial charge in [-0.2, -0.15) is 0 Å². The summed E-state index contributed by atoms with van der Waals surface area (Å²) < 4.78 is 26.4. The number of carboxylic acid groups (broad SMARTS) is 1. The molecule has 1 aromatic carbocycles. The highest BCUT2D eigenvalue weighted by atomic mass is 32.2. The van der Waals surface area contributed by atoms with Crippen molar-refractivity contribution in [3.63, 3.8) is 0 Å². The second-order valence-electron chi connectivity index (χ2n) is 4.25. The Kier molecular flexibility index (Phi) is 4.69. The molecule has 0 bridgehead atoms. The third-order valence-electron chi connectivity index (χ3n) is 2.39. The predicted octanol–water partition coefficient (Wildman–Crippen LogP) is -0.491. The molecule has 0 spiro atoms. The number of sulfonamides is 1. The number of benzene rings is 1. The van der Waals surface area contributed by atoms with Crippen molar-refractivity contribution in [2.24, 2.45) is 5.73 Å². The zero-order valence-electron chi connectivity index (χ0n) is 10.7. The average molecular weight is 301 g/mol. The molecule has 1 atom stereocenters. The van der Waals surface area contributed by atoms with Crippen LogP contribution in [0.25, 0.3) is 0 Å². The van der Waals surface area contributed by atoms with Crippen molar-refractivity contribution in [2.75, 3.05) is 5.73 Å². The molecule has 0 aliphatic rings. The predicted molar refractivity (Wildman–Crippen MR) is 71.4 cm³/mol. The van der Waals surface area contributed by atoms with Crippen molar-refractivity contribution >= 4 is 27.6 Å². The molecule has 0 aliphatic carbocycles. The van der Waals surface area contributed by atoms with E-state index < -0.39 is 38.4 Å². The van der Waals surface area contributed by atoms with Gasteiger partial charge < -0.3 is 16.6 Å². The molecule has 1 aromatic rings. The first-order valence-corrected chi connectivity index (χ1v) is 7.05. The van der Waals surface area contributed by atoms with Crippen molar-refractivity contribution in [3.8, 4) is 0 Å². The largest absolute Gasteiger partial charge is 0.478 e. The van der Waals surface area contributed by atoms with Crippen LogP contribution in [0.1, 0.15) is 23.7 Å². The Morgan fingerprint density at radius 2 is 2.00 bits per heavy atom. The van der Waals surface area contributed by atoms with E-state index >= 15 is 0 Å². The molecule has 1 amide bonds. The number of nitrogens with one attached hydrogen (secondary N) is 1. The Labute approximate surface area is 115 Å². The monoisotopic (exact) mass is 301 g/mol. The van der Waals surface area contributed by atoms with E-state index in [4.69, 9.17) is 16.6 Å². The SMILES string of the molecule is CC(CC(N)=O)NS(=O)(=O)c1ccc(N)cc1C(=O)O. The second-order valence-corrected chi connectivity index (χ2v) is 5.94. The third-order valence-corrected chi connectivity index (χ3v) is 4.03. The standard InChI is InChI=1S/C11H15N3O5S/c1-6(4-10(13)15)14-20(18,19)9-3-2-7(12)5-8(9)11(16)17/h2-3,5-6,14H,4,12H2,1H3,(H2,13,15)(H,16,17). The van der Waals surface area contributed by atoms with Crippen LogP contribution in [0.2, 0.25) is 0 Å². The second kappa shape index (κ2) is 5.88. The Morgan fingerprint density at radius 3 is 2.50 bits per heavy atom. The molecular weight excluding hydrogens is 286 g/mol. The number of primary amides is 1. The van der Waals surface area contributed by atoms with Gasteiger partial charge in [0.25, 0.3) is 0 Å². The van der Waals surface area contributed by atoms with E-state index in [1.165, 1.54) is 13.0 Å². The molecule has 0 saturated carbocycles. The van der Waals surface area contributed by atoms with Crippen molar-refractivity contribution in [1.82, 2.24) is 4.72 Å². The summed E-state index contributed by atoms with van der Waals surface area (Å²) in [7, 11) is -4.09. The van der Waals surface area contributed by atoms with Crippen LogP contribution in [0.3, 0.4) is 0 Å². The van der Waals surface area contributed by atoms with Gasteiger partial charge in [0.1, 0.15) is 0 Å². The van der Waals surface area contributed by atoms with Crippen LogP contribution in [0.4, 0.5) is 5.69 Å². The van der Waals surface area contributed by atoms with E-state index in [0.29, 0.717) is 0 Å². The van der Waals surface area contributed by atoms with Gasteiger partial charge in [0, 0.05) is 18.2 Å². The molecule has 110 valence electrons. The lowest BCUT2D eigenvalue weighted by Gasteiger charge is -2.14. The van der Waals surface area contributed by atoms with Gasteiger partial charge >= 0.3 is 5.97 Å². The highest BCUT2D eigenvalue weighted by Crippen LogP contribution is 2.19. The van der Waals surface area contributed by atoms with Gasteiger partial charge in [-0.25, -0.2) is 17.9 Å². The molecule has 8 nitrogen and oxygen atoms in total. The number of aromatic carboxylic acids is 1. The fourth-order valence-corrected chi connectivity index (χ4v) is 3.04. The van der Waals surface area contributed by atoms with E-state index in [0.717, 1.165) is 12.1 Å². The first-order chi connectivity index (χ1) is 9.13. The zero-order chi connectivity index (χ0) is 15.5. The van der Waals surface area contributed by atoms with Crippen molar-refractivity contribution < 1.29 is 23.1 Å². The molecule has 0 aromatic heterocycles. The van der Waals surface area contributed by atoms with Gasteiger partial charge in [-0.1, -0.05) is 0 Å². The molecule has 0 heterocycles. The minimum Gasteiger partial charge on any atom is -0.478 e. The third kappa shape index (κ3) is 3.93. The van der Waals surface area contributed by atoms with Crippen LogP contribution in [0.5, 0.6) is 0 Å². The fourth-order valence-electron chi connectivity index (χ4n) is 1.62. The van der Waals surface area contributed by atoms with Gasteiger partial charge in [-0.15, -0.1) is 0 Å². The Bertz CT molecular complexity index is 641. The summed E-state index contributed by atoms with van der Waals surface area (Å²) in [6, 6.07) is 2.67. The molecule has 1 unspecified atom stereocenters. The molecule has 1 rings (SSSR count). The van der Waals surface area contributed by atoms with E-state index in [1.807, 2.05) is 0 Å². The minimum absolute atomic E-state index is 0.131. The number of amides is 1. The lowest BCUT2D eigenvalue weighted by atomic mass is 10.2. The van der Waals surface area contributed by atoms with Gasteiger partial charge in [-0.05, 0) is 25.1 Å².